The summed E-state index contributed by atoms with van der Waals surface area (Å²) in [6.07, 6.45) is 4.40. The summed E-state index contributed by atoms with van der Waals surface area (Å²) in [5.74, 6) is 0. The Morgan fingerprint density at radius 2 is 2.42 bits per heavy atom. The van der Waals surface area contributed by atoms with Gasteiger partial charge >= 0.3 is 0 Å². The molecule has 0 fully saturated rings. The third-order valence-electron chi connectivity index (χ3n) is 2.20. The van der Waals surface area contributed by atoms with E-state index in [-0.39, 0.29) is 0 Å². The Labute approximate surface area is 74.2 Å². The SMILES string of the molecule is [CH2-]N1CC(CC)=C(/C=C\C)C1O. The zero-order chi connectivity index (χ0) is 9.14. The number of hydrogen-bond donors (Lipinski definition) is 1. The lowest BCUT2D eigenvalue weighted by Crippen LogP contribution is -2.24. The molecular formula is C10H16NO-. The minimum Gasteiger partial charge on any atom is -0.428 e. The molecule has 0 aromatic heterocycles. The molecule has 1 unspecified atom stereocenters. The Kier molecular flexibility index (Phi) is 3.06. The lowest BCUT2D eigenvalue weighted by Gasteiger charge is -2.23. The molecule has 2 nitrogen and oxygen atoms in total. The fourth-order valence-electron chi connectivity index (χ4n) is 1.50. The molecule has 0 spiro atoms. The molecule has 12 heavy (non-hydrogen) atoms. The highest BCUT2D eigenvalue weighted by molar-refractivity contribution is 5.34. The summed E-state index contributed by atoms with van der Waals surface area (Å²) in [6.45, 7) is 4.85. The molecule has 1 aliphatic heterocycles. The van der Waals surface area contributed by atoms with Crippen molar-refractivity contribution in [1.29, 1.82) is 0 Å². The Hall–Kier alpha value is -0.600. The van der Waals surface area contributed by atoms with E-state index in [2.05, 4.69) is 14.0 Å². The maximum absolute atomic E-state index is 9.64. The number of rotatable bonds is 2. The molecule has 2 heteroatoms. The van der Waals surface area contributed by atoms with Crippen molar-refractivity contribution < 1.29 is 5.11 Å². The monoisotopic (exact) mass is 166 g/mol. The highest BCUT2D eigenvalue weighted by Crippen LogP contribution is 2.25. The van der Waals surface area contributed by atoms with Crippen LogP contribution in [0.3, 0.4) is 0 Å². The van der Waals surface area contributed by atoms with Crippen LogP contribution in [0.25, 0.3) is 0 Å². The van der Waals surface area contributed by atoms with Crippen molar-refractivity contribution in [1.82, 2.24) is 4.90 Å². The molecule has 0 aliphatic carbocycles. The average molecular weight is 166 g/mol. The van der Waals surface area contributed by atoms with Crippen LogP contribution in [0.1, 0.15) is 20.3 Å². The van der Waals surface area contributed by atoms with Crippen molar-refractivity contribution in [3.8, 4) is 0 Å². The Balaban J connectivity index is 2.87. The third-order valence-corrected chi connectivity index (χ3v) is 2.20. The van der Waals surface area contributed by atoms with Crippen LogP contribution in [0.5, 0.6) is 0 Å². The lowest BCUT2D eigenvalue weighted by atomic mass is 10.1. The van der Waals surface area contributed by atoms with Crippen molar-refractivity contribution in [2.45, 2.75) is 26.5 Å². The van der Waals surface area contributed by atoms with Crippen molar-refractivity contribution in [2.75, 3.05) is 6.54 Å². The minimum absolute atomic E-state index is 0.504. The van der Waals surface area contributed by atoms with Crippen molar-refractivity contribution in [2.24, 2.45) is 0 Å². The van der Waals surface area contributed by atoms with Gasteiger partial charge in [-0.2, -0.15) is 0 Å². The molecule has 1 heterocycles. The van der Waals surface area contributed by atoms with Gasteiger partial charge in [0, 0.05) is 0 Å². The van der Waals surface area contributed by atoms with Crippen LogP contribution in [0.4, 0.5) is 0 Å². The van der Waals surface area contributed by atoms with Crippen LogP contribution in [-0.2, 0) is 0 Å². The van der Waals surface area contributed by atoms with Crippen LogP contribution < -0.4 is 0 Å². The molecule has 0 aromatic carbocycles. The first-order valence-corrected chi connectivity index (χ1v) is 4.30. The highest BCUT2D eigenvalue weighted by atomic mass is 16.3. The second-order valence-corrected chi connectivity index (χ2v) is 3.03. The van der Waals surface area contributed by atoms with E-state index in [9.17, 15) is 5.11 Å². The highest BCUT2D eigenvalue weighted by Gasteiger charge is 2.20. The van der Waals surface area contributed by atoms with Gasteiger partial charge in [0.05, 0.1) is 0 Å². The third kappa shape index (κ3) is 1.59. The van der Waals surface area contributed by atoms with E-state index in [1.165, 1.54) is 5.57 Å². The van der Waals surface area contributed by atoms with Crippen molar-refractivity contribution in [3.63, 3.8) is 0 Å². The number of aliphatic hydroxyl groups is 1. The quantitative estimate of drug-likeness (QED) is 0.631. The van der Waals surface area contributed by atoms with Gasteiger partial charge in [0.1, 0.15) is 6.23 Å². The van der Waals surface area contributed by atoms with E-state index in [4.69, 9.17) is 0 Å². The smallest absolute Gasteiger partial charge is 0.106 e. The summed E-state index contributed by atoms with van der Waals surface area (Å²) in [5, 5.41) is 9.64. The van der Waals surface area contributed by atoms with Gasteiger partial charge in [0.2, 0.25) is 0 Å². The molecule has 0 amide bonds. The minimum atomic E-state index is -0.504. The van der Waals surface area contributed by atoms with Gasteiger partial charge in [-0.15, -0.1) is 0 Å². The van der Waals surface area contributed by atoms with Gasteiger partial charge in [-0.1, -0.05) is 24.6 Å². The fraction of sp³-hybridized carbons (Fsp3) is 0.500. The van der Waals surface area contributed by atoms with Crippen LogP contribution in [0.2, 0.25) is 0 Å². The Bertz CT molecular complexity index is 218. The summed E-state index contributed by atoms with van der Waals surface area (Å²) in [6, 6.07) is 0. The fourth-order valence-corrected chi connectivity index (χ4v) is 1.50. The van der Waals surface area contributed by atoms with Gasteiger partial charge in [0.25, 0.3) is 0 Å². The van der Waals surface area contributed by atoms with Crippen molar-refractivity contribution >= 4 is 0 Å². The van der Waals surface area contributed by atoms with Crippen LogP contribution in [0, 0.1) is 7.05 Å². The second-order valence-electron chi connectivity index (χ2n) is 3.03. The maximum Gasteiger partial charge on any atom is 0.106 e. The van der Waals surface area contributed by atoms with E-state index < -0.39 is 6.23 Å². The molecule has 0 radical (unpaired) electrons. The predicted octanol–water partition coefficient (Wildman–Crippen LogP) is 1.69. The number of aliphatic hydroxyl groups excluding tert-OH is 1. The Morgan fingerprint density at radius 3 is 2.92 bits per heavy atom. The van der Waals surface area contributed by atoms with Gasteiger partial charge in [-0.05, 0) is 25.5 Å². The first-order chi connectivity index (χ1) is 5.70. The van der Waals surface area contributed by atoms with E-state index in [1.807, 2.05) is 19.1 Å². The van der Waals surface area contributed by atoms with Crippen LogP contribution in [0.15, 0.2) is 23.3 Å². The maximum atomic E-state index is 9.64. The molecule has 1 aliphatic rings. The van der Waals surface area contributed by atoms with Crippen molar-refractivity contribution in [3.05, 3.63) is 30.3 Å². The van der Waals surface area contributed by atoms with Crippen LogP contribution in [-0.4, -0.2) is 22.8 Å². The molecule has 0 aromatic rings. The number of hydrogen-bond acceptors (Lipinski definition) is 2. The van der Waals surface area contributed by atoms with Crippen LogP contribution >= 0.6 is 0 Å². The van der Waals surface area contributed by atoms with E-state index in [1.54, 1.807) is 4.90 Å². The number of nitrogens with zero attached hydrogens (tertiary/aromatic N) is 1. The van der Waals surface area contributed by atoms with E-state index in [0.717, 1.165) is 18.5 Å². The molecule has 1 rings (SSSR count). The molecule has 68 valence electrons. The molecule has 1 N–H and O–H groups in total. The first-order valence-electron chi connectivity index (χ1n) is 4.30. The average Bonchev–Trinajstić information content (AvgIpc) is 2.33. The standard InChI is InChI=1S/C10H16NO/c1-4-6-9-8(5-2)7-11(3)10(9)12/h4,6,10,12H,3,5,7H2,1-2H3/q-1/b6-4-. The van der Waals surface area contributed by atoms with Gasteiger partial charge in [-0.3, -0.25) is 7.05 Å². The normalized spacial score (nSPS) is 26.2. The zero-order valence-corrected chi connectivity index (χ0v) is 7.75. The second kappa shape index (κ2) is 3.87. The van der Waals surface area contributed by atoms with E-state index >= 15 is 0 Å². The largest absolute Gasteiger partial charge is 0.428 e. The molecule has 0 bridgehead atoms. The predicted molar refractivity (Wildman–Crippen MR) is 50.2 cm³/mol. The molecular weight excluding hydrogens is 150 g/mol. The summed E-state index contributed by atoms with van der Waals surface area (Å²) >= 11 is 0. The number of allylic oxidation sites excluding steroid dienone is 1. The topological polar surface area (TPSA) is 23.5 Å². The zero-order valence-electron chi connectivity index (χ0n) is 7.75. The summed E-state index contributed by atoms with van der Waals surface area (Å²) in [5.41, 5.74) is 2.31. The lowest BCUT2D eigenvalue weighted by molar-refractivity contribution is 0.0916. The van der Waals surface area contributed by atoms with Gasteiger partial charge in [0.15, 0.2) is 0 Å². The van der Waals surface area contributed by atoms with E-state index in [0.29, 0.717) is 0 Å². The van der Waals surface area contributed by atoms with Gasteiger partial charge in [-0.25, -0.2) is 0 Å². The summed E-state index contributed by atoms with van der Waals surface area (Å²) in [7, 11) is 3.76. The summed E-state index contributed by atoms with van der Waals surface area (Å²) in [4.78, 5) is 1.70. The Morgan fingerprint density at radius 1 is 1.75 bits per heavy atom. The molecule has 0 saturated carbocycles. The molecule has 1 atom stereocenters. The van der Waals surface area contributed by atoms with Gasteiger partial charge < -0.3 is 10.0 Å². The first kappa shape index (κ1) is 9.49. The summed E-state index contributed by atoms with van der Waals surface area (Å²) < 4.78 is 0. The molecule has 0 saturated heterocycles.